The van der Waals surface area contributed by atoms with E-state index in [1.807, 2.05) is 11.8 Å². The molecule has 1 atom stereocenters. The second kappa shape index (κ2) is 3.59. The Bertz CT molecular complexity index is 344. The van der Waals surface area contributed by atoms with E-state index < -0.39 is 0 Å². The van der Waals surface area contributed by atoms with Crippen LogP contribution in [0.15, 0.2) is 23.1 Å². The van der Waals surface area contributed by atoms with Crippen LogP contribution in [0.25, 0.3) is 0 Å². The molecule has 1 heterocycles. The van der Waals surface area contributed by atoms with Gasteiger partial charge in [0, 0.05) is 10.6 Å². The molecule has 0 bridgehead atoms. The van der Waals surface area contributed by atoms with E-state index in [2.05, 4.69) is 18.2 Å². The molecule has 14 heavy (non-hydrogen) atoms. The highest BCUT2D eigenvalue weighted by Gasteiger charge is 2.22. The summed E-state index contributed by atoms with van der Waals surface area (Å²) in [7, 11) is 0. The van der Waals surface area contributed by atoms with Gasteiger partial charge in [0.25, 0.3) is 0 Å². The van der Waals surface area contributed by atoms with Crippen molar-refractivity contribution in [3.05, 3.63) is 29.3 Å². The van der Waals surface area contributed by atoms with Gasteiger partial charge in [0.1, 0.15) is 0 Å². The summed E-state index contributed by atoms with van der Waals surface area (Å²) in [6, 6.07) is 6.94. The largest absolute Gasteiger partial charge is 0.372 e. The standard InChI is InChI=1S/C12H14OS/c1-2-9-4-5-12(6-10(9)3-1)14-8-11-7-13-11/h4-6,11H,1-3,7-8H2/t11-/m1/s1. The lowest BCUT2D eigenvalue weighted by Gasteiger charge is -2.03. The first-order valence-electron chi connectivity index (χ1n) is 5.28. The van der Waals surface area contributed by atoms with Crippen LogP contribution in [0.4, 0.5) is 0 Å². The number of epoxide rings is 1. The zero-order valence-electron chi connectivity index (χ0n) is 8.16. The summed E-state index contributed by atoms with van der Waals surface area (Å²) in [5.74, 6) is 1.12. The van der Waals surface area contributed by atoms with Crippen LogP contribution in [0.5, 0.6) is 0 Å². The van der Waals surface area contributed by atoms with E-state index in [1.54, 1.807) is 11.1 Å². The Hall–Kier alpha value is -0.470. The van der Waals surface area contributed by atoms with Gasteiger partial charge in [-0.2, -0.15) is 0 Å². The minimum absolute atomic E-state index is 0.535. The Labute approximate surface area is 88.8 Å². The van der Waals surface area contributed by atoms with Crippen molar-refractivity contribution < 1.29 is 4.74 Å². The molecule has 2 heteroatoms. The fourth-order valence-corrected chi connectivity index (χ4v) is 2.95. The van der Waals surface area contributed by atoms with Crippen LogP contribution >= 0.6 is 11.8 Å². The summed E-state index contributed by atoms with van der Waals surface area (Å²) in [6.45, 7) is 0.970. The van der Waals surface area contributed by atoms with Gasteiger partial charge in [-0.25, -0.2) is 0 Å². The van der Waals surface area contributed by atoms with Crippen molar-refractivity contribution in [1.29, 1.82) is 0 Å². The smallest absolute Gasteiger partial charge is 0.0903 e. The Kier molecular flexibility index (Phi) is 2.26. The maximum atomic E-state index is 5.20. The van der Waals surface area contributed by atoms with Crippen LogP contribution in [-0.4, -0.2) is 18.5 Å². The van der Waals surface area contributed by atoms with Crippen LogP contribution in [0, 0.1) is 0 Å². The first kappa shape index (κ1) is 8.81. The second-order valence-corrected chi connectivity index (χ2v) is 5.14. The van der Waals surface area contributed by atoms with Crippen molar-refractivity contribution in [3.63, 3.8) is 0 Å². The van der Waals surface area contributed by atoms with Crippen LogP contribution < -0.4 is 0 Å². The number of aryl methyl sites for hydroxylation is 2. The molecule has 1 aromatic carbocycles. The van der Waals surface area contributed by atoms with Gasteiger partial charge in [-0.15, -0.1) is 11.8 Å². The topological polar surface area (TPSA) is 12.5 Å². The first-order valence-corrected chi connectivity index (χ1v) is 6.26. The normalized spacial score (nSPS) is 23.6. The van der Waals surface area contributed by atoms with Crippen LogP contribution in [-0.2, 0) is 17.6 Å². The Morgan fingerprint density at radius 2 is 2.14 bits per heavy atom. The van der Waals surface area contributed by atoms with E-state index in [1.165, 1.54) is 24.2 Å². The highest BCUT2D eigenvalue weighted by molar-refractivity contribution is 7.99. The number of ether oxygens (including phenoxy) is 1. The van der Waals surface area contributed by atoms with Gasteiger partial charge in [-0.3, -0.25) is 0 Å². The van der Waals surface area contributed by atoms with E-state index in [-0.39, 0.29) is 0 Å². The Morgan fingerprint density at radius 1 is 1.29 bits per heavy atom. The van der Waals surface area contributed by atoms with Gasteiger partial charge in [0.15, 0.2) is 0 Å². The quantitative estimate of drug-likeness (QED) is 0.557. The Morgan fingerprint density at radius 3 is 3.00 bits per heavy atom. The van der Waals surface area contributed by atoms with Crippen molar-refractivity contribution >= 4 is 11.8 Å². The first-order chi connectivity index (χ1) is 6.92. The number of rotatable bonds is 3. The zero-order chi connectivity index (χ0) is 9.38. The predicted octanol–water partition coefficient (Wildman–Crippen LogP) is 2.67. The number of fused-ring (bicyclic) bond motifs is 1. The van der Waals surface area contributed by atoms with Crippen molar-refractivity contribution in [1.82, 2.24) is 0 Å². The summed E-state index contributed by atoms with van der Waals surface area (Å²) in [5, 5.41) is 0. The number of hydrogen-bond donors (Lipinski definition) is 0. The fraction of sp³-hybridized carbons (Fsp3) is 0.500. The molecule has 0 saturated carbocycles. The van der Waals surface area contributed by atoms with Gasteiger partial charge in [0.05, 0.1) is 12.7 Å². The summed E-state index contributed by atoms with van der Waals surface area (Å²) in [6.07, 6.45) is 4.44. The van der Waals surface area contributed by atoms with Crippen molar-refractivity contribution in [2.24, 2.45) is 0 Å². The SMILES string of the molecule is c1cc2c(cc1SC[C@H]1CO1)CCC2. The lowest BCUT2D eigenvalue weighted by Crippen LogP contribution is -1.89. The molecular weight excluding hydrogens is 192 g/mol. The van der Waals surface area contributed by atoms with Gasteiger partial charge in [-0.1, -0.05) is 6.07 Å². The molecular formula is C12H14OS. The molecule has 1 aliphatic heterocycles. The number of thioether (sulfide) groups is 1. The van der Waals surface area contributed by atoms with Crippen molar-refractivity contribution in [2.45, 2.75) is 30.3 Å². The molecule has 2 aliphatic rings. The van der Waals surface area contributed by atoms with Gasteiger partial charge in [0.2, 0.25) is 0 Å². The second-order valence-electron chi connectivity index (χ2n) is 4.05. The van der Waals surface area contributed by atoms with E-state index in [4.69, 9.17) is 4.74 Å². The summed E-state index contributed by atoms with van der Waals surface area (Å²) >= 11 is 1.93. The van der Waals surface area contributed by atoms with E-state index in [9.17, 15) is 0 Å². The third-order valence-electron chi connectivity index (χ3n) is 2.91. The molecule has 1 fully saturated rings. The lowest BCUT2D eigenvalue weighted by atomic mass is 10.1. The number of benzene rings is 1. The maximum absolute atomic E-state index is 5.20. The molecule has 3 rings (SSSR count). The lowest BCUT2D eigenvalue weighted by molar-refractivity contribution is 0.426. The molecule has 1 saturated heterocycles. The monoisotopic (exact) mass is 206 g/mol. The molecule has 0 unspecified atom stereocenters. The van der Waals surface area contributed by atoms with Crippen LogP contribution in [0.3, 0.4) is 0 Å². The third-order valence-corrected chi connectivity index (χ3v) is 4.03. The van der Waals surface area contributed by atoms with Crippen molar-refractivity contribution in [2.75, 3.05) is 12.4 Å². The third kappa shape index (κ3) is 1.82. The highest BCUT2D eigenvalue weighted by Crippen LogP contribution is 2.29. The maximum Gasteiger partial charge on any atom is 0.0903 e. The summed E-state index contributed by atoms with van der Waals surface area (Å²) < 4.78 is 5.20. The summed E-state index contributed by atoms with van der Waals surface area (Å²) in [5.41, 5.74) is 3.14. The van der Waals surface area contributed by atoms with Crippen LogP contribution in [0.2, 0.25) is 0 Å². The molecule has 0 radical (unpaired) electrons. The molecule has 1 aliphatic carbocycles. The Balaban J connectivity index is 1.71. The van der Waals surface area contributed by atoms with E-state index >= 15 is 0 Å². The van der Waals surface area contributed by atoms with Gasteiger partial charge >= 0.3 is 0 Å². The average Bonchev–Trinajstić information content (AvgIpc) is 2.92. The predicted molar refractivity (Wildman–Crippen MR) is 58.9 cm³/mol. The zero-order valence-corrected chi connectivity index (χ0v) is 8.98. The van der Waals surface area contributed by atoms with E-state index in [0.29, 0.717) is 6.10 Å². The minimum atomic E-state index is 0.535. The molecule has 0 aromatic heterocycles. The van der Waals surface area contributed by atoms with Gasteiger partial charge in [-0.05, 0) is 42.5 Å². The number of hydrogen-bond acceptors (Lipinski definition) is 2. The van der Waals surface area contributed by atoms with E-state index in [0.717, 1.165) is 12.4 Å². The van der Waals surface area contributed by atoms with Crippen molar-refractivity contribution in [3.8, 4) is 0 Å². The molecule has 0 amide bonds. The molecule has 1 nitrogen and oxygen atoms in total. The van der Waals surface area contributed by atoms with Crippen LogP contribution in [0.1, 0.15) is 17.5 Å². The molecule has 1 aromatic rings. The summed E-state index contributed by atoms with van der Waals surface area (Å²) in [4.78, 5) is 1.42. The van der Waals surface area contributed by atoms with Gasteiger partial charge < -0.3 is 4.74 Å². The fourth-order valence-electron chi connectivity index (χ4n) is 1.99. The molecule has 0 spiro atoms. The highest BCUT2D eigenvalue weighted by atomic mass is 32.2. The molecule has 0 N–H and O–H groups in total. The minimum Gasteiger partial charge on any atom is -0.372 e. The average molecular weight is 206 g/mol. The molecule has 74 valence electrons.